The number of sulfonamides is 1. The molecule has 11 heteroatoms. The van der Waals surface area contributed by atoms with Crippen molar-refractivity contribution in [2.24, 2.45) is 0 Å². The van der Waals surface area contributed by atoms with E-state index in [-0.39, 0.29) is 30.0 Å². The third-order valence-corrected chi connectivity index (χ3v) is 5.24. The zero-order chi connectivity index (χ0) is 23.0. The van der Waals surface area contributed by atoms with E-state index in [1.807, 2.05) is 0 Å². The first-order valence-corrected chi connectivity index (χ1v) is 10.8. The van der Waals surface area contributed by atoms with Crippen LogP contribution in [-0.4, -0.2) is 38.4 Å². The van der Waals surface area contributed by atoms with Crippen LogP contribution in [0.5, 0.6) is 0 Å². The Bertz CT molecular complexity index is 1100. The molecule has 2 aromatic rings. The van der Waals surface area contributed by atoms with Crippen LogP contribution >= 0.6 is 0 Å². The van der Waals surface area contributed by atoms with Gasteiger partial charge < -0.3 is 10.1 Å². The number of benzene rings is 2. The number of anilines is 1. The van der Waals surface area contributed by atoms with E-state index in [4.69, 9.17) is 4.74 Å². The van der Waals surface area contributed by atoms with E-state index in [0.717, 1.165) is 12.1 Å². The number of ether oxygens (including phenoxy) is 1. The molecule has 1 amide bonds. The van der Waals surface area contributed by atoms with Gasteiger partial charge in [-0.1, -0.05) is 18.2 Å². The Labute approximate surface area is 179 Å². The number of esters is 1. The van der Waals surface area contributed by atoms with Gasteiger partial charge in [0.25, 0.3) is 11.6 Å². The Kier molecular flexibility index (Phi) is 8.00. The van der Waals surface area contributed by atoms with Crippen LogP contribution in [0.2, 0.25) is 0 Å². The summed E-state index contributed by atoms with van der Waals surface area (Å²) in [6.07, 6.45) is 1.43. The molecule has 164 valence electrons. The third kappa shape index (κ3) is 7.01. The SMILES string of the molecule is C=CCNS(=O)(=O)Cc1ccc(NC(=O)c2cc(C(=O)OCC)cc([N+](=O)[O-])c2)cc1. The van der Waals surface area contributed by atoms with Gasteiger partial charge in [0.1, 0.15) is 0 Å². The van der Waals surface area contributed by atoms with Crippen LogP contribution in [0.25, 0.3) is 0 Å². The van der Waals surface area contributed by atoms with Crippen molar-refractivity contribution in [3.8, 4) is 0 Å². The number of nitro groups is 1. The number of nitro benzene ring substituents is 1. The fraction of sp³-hybridized carbons (Fsp3) is 0.200. The van der Waals surface area contributed by atoms with Crippen molar-refractivity contribution >= 4 is 33.3 Å². The molecule has 0 aliphatic heterocycles. The van der Waals surface area contributed by atoms with Crippen LogP contribution in [0, 0.1) is 10.1 Å². The first-order chi connectivity index (χ1) is 14.6. The molecule has 2 aromatic carbocycles. The predicted octanol–water partition coefficient (Wildman–Crippen LogP) is 2.63. The number of amides is 1. The topological polar surface area (TPSA) is 145 Å². The summed E-state index contributed by atoms with van der Waals surface area (Å²) < 4.78 is 31.0. The van der Waals surface area contributed by atoms with Gasteiger partial charge in [-0.3, -0.25) is 14.9 Å². The van der Waals surface area contributed by atoms with Crippen LogP contribution < -0.4 is 10.0 Å². The zero-order valence-corrected chi connectivity index (χ0v) is 17.5. The average molecular weight is 447 g/mol. The van der Waals surface area contributed by atoms with E-state index in [2.05, 4.69) is 16.6 Å². The minimum atomic E-state index is -3.52. The maximum atomic E-state index is 12.6. The van der Waals surface area contributed by atoms with E-state index < -0.39 is 32.5 Å². The number of carbonyl (C=O) groups excluding carboxylic acids is 2. The molecule has 0 bridgehead atoms. The monoisotopic (exact) mass is 447 g/mol. The van der Waals surface area contributed by atoms with Crippen LogP contribution in [0.3, 0.4) is 0 Å². The van der Waals surface area contributed by atoms with Crippen LogP contribution in [0.4, 0.5) is 11.4 Å². The van der Waals surface area contributed by atoms with E-state index in [1.54, 1.807) is 6.92 Å². The summed E-state index contributed by atoms with van der Waals surface area (Å²) in [6, 6.07) is 9.33. The predicted molar refractivity (Wildman–Crippen MR) is 114 cm³/mol. The maximum absolute atomic E-state index is 12.6. The Morgan fingerprint density at radius 3 is 2.39 bits per heavy atom. The molecule has 0 heterocycles. The molecule has 0 aliphatic carbocycles. The van der Waals surface area contributed by atoms with Crippen molar-refractivity contribution in [3.05, 3.63) is 81.9 Å². The standard InChI is InChI=1S/C20H21N3O7S/c1-3-9-21-31(28,29)13-14-5-7-17(8-6-14)22-19(24)15-10-16(20(25)30-4-2)12-18(11-15)23(26)27/h3,5-8,10-12,21H,1,4,9,13H2,2H3,(H,22,24). The molecule has 0 aromatic heterocycles. The van der Waals surface area contributed by atoms with E-state index in [1.165, 1.54) is 36.4 Å². The lowest BCUT2D eigenvalue weighted by Gasteiger charge is -2.09. The molecule has 0 saturated carbocycles. The van der Waals surface area contributed by atoms with Crippen molar-refractivity contribution < 1.29 is 27.7 Å². The molecule has 0 saturated heterocycles. The van der Waals surface area contributed by atoms with Gasteiger partial charge in [-0.2, -0.15) is 0 Å². The second-order valence-electron chi connectivity index (χ2n) is 6.29. The fourth-order valence-corrected chi connectivity index (χ4v) is 3.63. The third-order valence-electron chi connectivity index (χ3n) is 3.92. The number of nitrogens with zero attached hydrogens (tertiary/aromatic N) is 1. The van der Waals surface area contributed by atoms with Gasteiger partial charge in [0.2, 0.25) is 10.0 Å². The normalized spacial score (nSPS) is 10.9. The van der Waals surface area contributed by atoms with Gasteiger partial charge in [0.15, 0.2) is 0 Å². The van der Waals surface area contributed by atoms with Crippen molar-refractivity contribution in [1.29, 1.82) is 0 Å². The lowest BCUT2D eigenvalue weighted by molar-refractivity contribution is -0.384. The lowest BCUT2D eigenvalue weighted by Crippen LogP contribution is -2.25. The van der Waals surface area contributed by atoms with Crippen molar-refractivity contribution in [1.82, 2.24) is 4.72 Å². The van der Waals surface area contributed by atoms with Crippen molar-refractivity contribution in [2.75, 3.05) is 18.5 Å². The van der Waals surface area contributed by atoms with Gasteiger partial charge >= 0.3 is 5.97 Å². The number of nitrogens with one attached hydrogen (secondary N) is 2. The minimum absolute atomic E-state index is 0.0776. The second-order valence-corrected chi connectivity index (χ2v) is 8.10. The Morgan fingerprint density at radius 2 is 1.81 bits per heavy atom. The second kappa shape index (κ2) is 10.5. The first-order valence-electron chi connectivity index (χ1n) is 9.10. The summed E-state index contributed by atoms with van der Waals surface area (Å²) in [7, 11) is -3.52. The summed E-state index contributed by atoms with van der Waals surface area (Å²) in [5.74, 6) is -1.71. The van der Waals surface area contributed by atoms with Crippen LogP contribution in [0.15, 0.2) is 55.1 Å². The maximum Gasteiger partial charge on any atom is 0.338 e. The Morgan fingerprint density at radius 1 is 1.16 bits per heavy atom. The fourth-order valence-electron chi connectivity index (χ4n) is 2.52. The Hall–Kier alpha value is -3.57. The van der Waals surface area contributed by atoms with Crippen LogP contribution in [0.1, 0.15) is 33.2 Å². The van der Waals surface area contributed by atoms with Gasteiger partial charge in [0, 0.05) is 29.9 Å². The van der Waals surface area contributed by atoms with Gasteiger partial charge in [-0.25, -0.2) is 17.9 Å². The molecule has 0 atom stereocenters. The molecule has 0 radical (unpaired) electrons. The zero-order valence-electron chi connectivity index (χ0n) is 16.7. The molecule has 0 fully saturated rings. The number of non-ortho nitro benzene ring substituents is 1. The number of carbonyl (C=O) groups is 2. The highest BCUT2D eigenvalue weighted by molar-refractivity contribution is 7.88. The Balaban J connectivity index is 2.18. The molecular formula is C20H21N3O7S. The average Bonchev–Trinajstić information content (AvgIpc) is 2.73. The summed E-state index contributed by atoms with van der Waals surface area (Å²) in [4.78, 5) is 34.9. The van der Waals surface area contributed by atoms with E-state index in [0.29, 0.717) is 11.3 Å². The molecule has 31 heavy (non-hydrogen) atoms. The number of rotatable bonds is 10. The lowest BCUT2D eigenvalue weighted by atomic mass is 10.1. The highest BCUT2D eigenvalue weighted by atomic mass is 32.2. The van der Waals surface area contributed by atoms with Crippen molar-refractivity contribution in [2.45, 2.75) is 12.7 Å². The van der Waals surface area contributed by atoms with Gasteiger partial charge in [-0.15, -0.1) is 6.58 Å². The molecule has 2 rings (SSSR count). The summed E-state index contributed by atoms with van der Waals surface area (Å²) in [5.41, 5.74) is 0.193. The molecule has 0 aliphatic rings. The largest absolute Gasteiger partial charge is 0.462 e. The first kappa shape index (κ1) is 23.7. The van der Waals surface area contributed by atoms with E-state index in [9.17, 15) is 28.1 Å². The number of hydrogen-bond acceptors (Lipinski definition) is 7. The van der Waals surface area contributed by atoms with Gasteiger partial charge in [-0.05, 0) is 30.7 Å². The van der Waals surface area contributed by atoms with E-state index >= 15 is 0 Å². The summed E-state index contributed by atoms with van der Waals surface area (Å²) in [5, 5.41) is 13.7. The highest BCUT2D eigenvalue weighted by Gasteiger charge is 2.19. The molecular weight excluding hydrogens is 426 g/mol. The molecule has 0 unspecified atom stereocenters. The smallest absolute Gasteiger partial charge is 0.338 e. The molecule has 10 nitrogen and oxygen atoms in total. The summed E-state index contributed by atoms with van der Waals surface area (Å²) >= 11 is 0. The number of hydrogen-bond donors (Lipinski definition) is 2. The minimum Gasteiger partial charge on any atom is -0.462 e. The highest BCUT2D eigenvalue weighted by Crippen LogP contribution is 2.20. The summed E-state index contributed by atoms with van der Waals surface area (Å²) in [6.45, 7) is 5.23. The molecule has 2 N–H and O–H groups in total. The van der Waals surface area contributed by atoms with Gasteiger partial charge in [0.05, 0.1) is 22.8 Å². The molecule has 0 spiro atoms. The van der Waals surface area contributed by atoms with Crippen LogP contribution in [-0.2, 0) is 20.5 Å². The quantitative estimate of drug-likeness (QED) is 0.246. The van der Waals surface area contributed by atoms with Crippen molar-refractivity contribution in [3.63, 3.8) is 0 Å².